The molecule has 0 aliphatic carbocycles. The molecule has 0 bridgehead atoms. The van der Waals surface area contributed by atoms with Crippen LogP contribution in [0.25, 0.3) is 11.3 Å². The van der Waals surface area contributed by atoms with E-state index in [0.717, 1.165) is 11.3 Å². The van der Waals surface area contributed by atoms with Gasteiger partial charge in [0.2, 0.25) is 0 Å². The van der Waals surface area contributed by atoms with Gasteiger partial charge in [-0.2, -0.15) is 0 Å². The third-order valence-corrected chi connectivity index (χ3v) is 2.20. The number of rotatable bonds is 2. The topological polar surface area (TPSA) is 31.2 Å². The number of ether oxygens (including phenoxy) is 1. The molecule has 16 heavy (non-hydrogen) atoms. The summed E-state index contributed by atoms with van der Waals surface area (Å²) in [5.74, 6) is 0. The smallest absolute Gasteiger partial charge is 0.418 e. The number of aromatic nitrogens is 1. The van der Waals surface area contributed by atoms with Gasteiger partial charge in [-0.15, -0.1) is 0 Å². The molecule has 0 fully saturated rings. The average Bonchev–Trinajstić information content (AvgIpc) is 2.79. The lowest BCUT2D eigenvalue weighted by Gasteiger charge is -2.07. The Labute approximate surface area is 94.3 Å². The molecule has 3 heteroatoms. The van der Waals surface area contributed by atoms with E-state index in [4.69, 9.17) is 4.74 Å². The van der Waals surface area contributed by atoms with Crippen LogP contribution in [-0.2, 0) is 4.74 Å². The van der Waals surface area contributed by atoms with Crippen molar-refractivity contribution in [3.05, 3.63) is 48.7 Å². The summed E-state index contributed by atoms with van der Waals surface area (Å²) in [6, 6.07) is 14.4. The first-order valence-electron chi connectivity index (χ1n) is 5.14. The quantitative estimate of drug-likeness (QED) is 0.769. The molecule has 0 aliphatic heterocycles. The highest BCUT2D eigenvalue weighted by Crippen LogP contribution is 2.19. The number of hydrogen-bond donors (Lipinski definition) is 0. The Hall–Kier alpha value is -2.03. The number of benzene rings is 1. The van der Waals surface area contributed by atoms with Gasteiger partial charge in [-0.25, -0.2) is 4.79 Å². The van der Waals surface area contributed by atoms with Crippen molar-refractivity contribution >= 4 is 6.09 Å². The van der Waals surface area contributed by atoms with Crippen molar-refractivity contribution in [2.24, 2.45) is 0 Å². The summed E-state index contributed by atoms with van der Waals surface area (Å²) in [5.41, 5.74) is 1.67. The second kappa shape index (κ2) is 4.66. The molecule has 0 saturated carbocycles. The van der Waals surface area contributed by atoms with Crippen molar-refractivity contribution in [3.63, 3.8) is 0 Å². The van der Waals surface area contributed by atoms with Gasteiger partial charge in [-0.05, 0) is 18.6 Å². The molecule has 0 amide bonds. The summed E-state index contributed by atoms with van der Waals surface area (Å²) in [4.78, 5) is 11.6. The minimum absolute atomic E-state index is 0.366. The molecule has 1 aromatic carbocycles. The zero-order chi connectivity index (χ0) is 11.4. The first-order chi connectivity index (χ1) is 7.83. The van der Waals surface area contributed by atoms with Crippen molar-refractivity contribution in [2.45, 2.75) is 6.92 Å². The van der Waals surface area contributed by atoms with Crippen LogP contribution in [0.5, 0.6) is 0 Å². The van der Waals surface area contributed by atoms with Crippen LogP contribution in [0, 0.1) is 6.07 Å². The predicted octanol–water partition coefficient (Wildman–Crippen LogP) is 2.96. The highest BCUT2D eigenvalue weighted by molar-refractivity contribution is 5.78. The largest absolute Gasteiger partial charge is 0.449 e. The first-order valence-corrected chi connectivity index (χ1v) is 5.14. The van der Waals surface area contributed by atoms with Gasteiger partial charge in [0.1, 0.15) is 0 Å². The maximum absolute atomic E-state index is 11.6. The number of carbonyl (C=O) groups excluding carboxylic acids is 1. The zero-order valence-electron chi connectivity index (χ0n) is 9.01. The maximum atomic E-state index is 11.6. The Bertz CT molecular complexity index is 474. The summed E-state index contributed by atoms with van der Waals surface area (Å²) in [6.07, 6.45) is 1.28. The van der Waals surface area contributed by atoms with Crippen LogP contribution in [0.3, 0.4) is 0 Å². The Balaban J connectivity index is 2.37. The predicted molar refractivity (Wildman–Crippen MR) is 61.1 cm³/mol. The van der Waals surface area contributed by atoms with Gasteiger partial charge in [-0.3, -0.25) is 4.57 Å². The van der Waals surface area contributed by atoms with E-state index in [-0.39, 0.29) is 6.09 Å². The number of nitrogens with zero attached hydrogens (tertiary/aromatic N) is 1. The second-order valence-electron chi connectivity index (χ2n) is 3.24. The van der Waals surface area contributed by atoms with Gasteiger partial charge >= 0.3 is 6.09 Å². The summed E-state index contributed by atoms with van der Waals surface area (Å²) in [7, 11) is 0. The molecule has 1 aromatic heterocycles. The summed E-state index contributed by atoms with van der Waals surface area (Å²) >= 11 is 0. The standard InChI is InChI=1S/C13H12NO2/c1-2-16-13(15)14-10-6-9-12(14)11-7-4-3-5-8-11/h3-8,10H,2H2,1H3. The van der Waals surface area contributed by atoms with Gasteiger partial charge in [0.25, 0.3) is 0 Å². The molecule has 0 atom stereocenters. The monoisotopic (exact) mass is 214 g/mol. The number of carbonyl (C=O) groups is 1. The lowest BCUT2D eigenvalue weighted by atomic mass is 10.1. The molecular weight excluding hydrogens is 202 g/mol. The third-order valence-electron chi connectivity index (χ3n) is 2.20. The van der Waals surface area contributed by atoms with Crippen molar-refractivity contribution in [1.82, 2.24) is 4.57 Å². The third kappa shape index (κ3) is 1.98. The Morgan fingerprint density at radius 2 is 2.12 bits per heavy atom. The van der Waals surface area contributed by atoms with Gasteiger partial charge in [-0.1, -0.05) is 30.3 Å². The molecule has 2 aromatic rings. The van der Waals surface area contributed by atoms with Gasteiger partial charge in [0.15, 0.2) is 0 Å². The number of hydrogen-bond acceptors (Lipinski definition) is 2. The second-order valence-corrected chi connectivity index (χ2v) is 3.24. The van der Waals surface area contributed by atoms with Crippen molar-refractivity contribution in [1.29, 1.82) is 0 Å². The van der Waals surface area contributed by atoms with Crippen molar-refractivity contribution < 1.29 is 9.53 Å². The van der Waals surface area contributed by atoms with E-state index in [9.17, 15) is 4.79 Å². The zero-order valence-corrected chi connectivity index (χ0v) is 9.01. The maximum Gasteiger partial charge on any atom is 0.418 e. The molecule has 0 aliphatic rings. The average molecular weight is 214 g/mol. The van der Waals surface area contributed by atoms with Crippen LogP contribution < -0.4 is 0 Å². The minimum atomic E-state index is -0.373. The van der Waals surface area contributed by atoms with Gasteiger partial charge < -0.3 is 4.74 Å². The normalized spacial score (nSPS) is 10.1. The van der Waals surface area contributed by atoms with Crippen LogP contribution >= 0.6 is 0 Å². The van der Waals surface area contributed by atoms with Crippen molar-refractivity contribution in [2.75, 3.05) is 6.61 Å². The Morgan fingerprint density at radius 1 is 1.38 bits per heavy atom. The Morgan fingerprint density at radius 3 is 2.81 bits per heavy atom. The van der Waals surface area contributed by atoms with E-state index in [0.29, 0.717) is 6.61 Å². The summed E-state index contributed by atoms with van der Waals surface area (Å²) in [5, 5.41) is 0. The fraction of sp³-hybridized carbons (Fsp3) is 0.154. The highest BCUT2D eigenvalue weighted by atomic mass is 16.5. The van der Waals surface area contributed by atoms with Gasteiger partial charge in [0.05, 0.1) is 12.3 Å². The fourth-order valence-corrected chi connectivity index (χ4v) is 1.50. The van der Waals surface area contributed by atoms with E-state index in [1.54, 1.807) is 19.2 Å². The summed E-state index contributed by atoms with van der Waals surface area (Å²) < 4.78 is 6.41. The van der Waals surface area contributed by atoms with E-state index >= 15 is 0 Å². The molecule has 1 radical (unpaired) electrons. The first kappa shape index (κ1) is 10.5. The van der Waals surface area contributed by atoms with Crippen LogP contribution in [0.1, 0.15) is 6.92 Å². The molecule has 0 N–H and O–H groups in total. The summed E-state index contributed by atoms with van der Waals surface area (Å²) in [6.45, 7) is 2.15. The molecule has 3 nitrogen and oxygen atoms in total. The highest BCUT2D eigenvalue weighted by Gasteiger charge is 2.10. The molecule has 0 spiro atoms. The van der Waals surface area contributed by atoms with Crippen LogP contribution in [0.4, 0.5) is 4.79 Å². The minimum Gasteiger partial charge on any atom is -0.449 e. The van der Waals surface area contributed by atoms with E-state index in [1.807, 2.05) is 30.3 Å². The Kier molecular flexibility index (Phi) is 3.05. The lowest BCUT2D eigenvalue weighted by molar-refractivity contribution is 0.154. The molecule has 81 valence electrons. The van der Waals surface area contributed by atoms with Gasteiger partial charge in [0, 0.05) is 12.3 Å². The molecule has 0 unspecified atom stereocenters. The fourth-order valence-electron chi connectivity index (χ4n) is 1.50. The van der Waals surface area contributed by atoms with E-state index in [1.165, 1.54) is 4.57 Å². The van der Waals surface area contributed by atoms with Crippen LogP contribution in [0.2, 0.25) is 0 Å². The van der Waals surface area contributed by atoms with Crippen LogP contribution in [0.15, 0.2) is 42.6 Å². The van der Waals surface area contributed by atoms with E-state index < -0.39 is 0 Å². The molecular formula is C13H12NO2. The molecule has 1 heterocycles. The van der Waals surface area contributed by atoms with E-state index in [2.05, 4.69) is 6.07 Å². The van der Waals surface area contributed by atoms with Crippen molar-refractivity contribution in [3.8, 4) is 11.3 Å². The SMILES string of the molecule is CCOC(=O)n1cc[c]c1-c1ccccc1. The van der Waals surface area contributed by atoms with Crippen LogP contribution in [-0.4, -0.2) is 17.3 Å². The lowest BCUT2D eigenvalue weighted by Crippen LogP contribution is -2.13. The molecule has 2 rings (SSSR count). The molecule has 0 saturated heterocycles.